The summed E-state index contributed by atoms with van der Waals surface area (Å²) in [5, 5.41) is 3.07. The largest absolute Gasteiger partial charge is 0.370 e. The van der Waals surface area contributed by atoms with Crippen molar-refractivity contribution in [3.05, 3.63) is 29.6 Å². The van der Waals surface area contributed by atoms with Crippen LogP contribution >= 0.6 is 24.0 Å². The maximum atomic E-state index is 5.72. The predicted octanol–water partition coefficient (Wildman–Crippen LogP) is 2.07. The van der Waals surface area contributed by atoms with Crippen LogP contribution in [0.2, 0.25) is 0 Å². The number of aliphatic imine (C=N–C) groups is 1. The van der Waals surface area contributed by atoms with Gasteiger partial charge < -0.3 is 11.1 Å². The van der Waals surface area contributed by atoms with Gasteiger partial charge in [-0.3, -0.25) is 4.98 Å². The molecule has 1 aromatic rings. The first-order chi connectivity index (χ1) is 7.58. The minimum atomic E-state index is 0. The maximum Gasteiger partial charge on any atom is 0.188 e. The van der Waals surface area contributed by atoms with Crippen molar-refractivity contribution < 1.29 is 0 Å². The van der Waals surface area contributed by atoms with E-state index >= 15 is 0 Å². The van der Waals surface area contributed by atoms with Gasteiger partial charge in [0.2, 0.25) is 0 Å². The Morgan fingerprint density at radius 1 is 1.47 bits per heavy atom. The Morgan fingerprint density at radius 3 is 2.76 bits per heavy atom. The molecule has 0 aliphatic rings. The zero-order chi connectivity index (χ0) is 12.0. The molecule has 1 heterocycles. The molecule has 0 saturated carbocycles. The number of hydrogen-bond acceptors (Lipinski definition) is 2. The van der Waals surface area contributed by atoms with Crippen LogP contribution in [0.1, 0.15) is 25.2 Å². The molecule has 0 bridgehead atoms. The van der Waals surface area contributed by atoms with Crippen LogP contribution in [-0.2, 0) is 6.54 Å². The summed E-state index contributed by atoms with van der Waals surface area (Å²) in [7, 11) is 0. The van der Waals surface area contributed by atoms with Gasteiger partial charge in [-0.25, -0.2) is 4.99 Å². The number of halogens is 1. The summed E-state index contributed by atoms with van der Waals surface area (Å²) in [5.41, 5.74) is 7.66. The molecule has 3 N–H and O–H groups in total. The van der Waals surface area contributed by atoms with Crippen LogP contribution in [0.15, 0.2) is 23.2 Å². The Morgan fingerprint density at radius 2 is 2.18 bits per heavy atom. The van der Waals surface area contributed by atoms with Gasteiger partial charge in [0.25, 0.3) is 0 Å². The van der Waals surface area contributed by atoms with Crippen LogP contribution in [0, 0.1) is 12.8 Å². The van der Waals surface area contributed by atoms with E-state index in [0.29, 0.717) is 18.4 Å². The molecule has 4 nitrogen and oxygen atoms in total. The molecule has 0 amide bonds. The van der Waals surface area contributed by atoms with E-state index in [1.807, 2.05) is 25.1 Å². The third-order valence-corrected chi connectivity index (χ3v) is 2.05. The topological polar surface area (TPSA) is 63.3 Å². The molecule has 0 saturated heterocycles. The standard InChI is InChI=1S/C12H20N4.HI/c1-9(2)7-14-12(13)15-8-11-6-4-5-10(3)16-11;/h4-6,9H,7-8H2,1-3H3,(H3,13,14,15);1H. The van der Waals surface area contributed by atoms with Gasteiger partial charge in [-0.2, -0.15) is 0 Å². The van der Waals surface area contributed by atoms with Crippen molar-refractivity contribution in [2.75, 3.05) is 6.54 Å². The minimum absolute atomic E-state index is 0. The highest BCUT2D eigenvalue weighted by Gasteiger charge is 1.96. The number of aryl methyl sites for hydroxylation is 1. The second-order valence-corrected chi connectivity index (χ2v) is 4.25. The average molecular weight is 348 g/mol. The fraction of sp³-hybridized carbons (Fsp3) is 0.500. The second kappa shape index (κ2) is 8.27. The lowest BCUT2D eigenvalue weighted by Gasteiger charge is -2.07. The molecular formula is C12H21IN4. The second-order valence-electron chi connectivity index (χ2n) is 4.25. The number of guanidine groups is 1. The normalized spacial score (nSPS) is 11.2. The predicted molar refractivity (Wildman–Crippen MR) is 82.6 cm³/mol. The highest BCUT2D eigenvalue weighted by molar-refractivity contribution is 14.0. The number of pyridine rings is 1. The number of rotatable bonds is 4. The van der Waals surface area contributed by atoms with Gasteiger partial charge in [-0.1, -0.05) is 19.9 Å². The van der Waals surface area contributed by atoms with E-state index in [-0.39, 0.29) is 24.0 Å². The minimum Gasteiger partial charge on any atom is -0.370 e. The number of aromatic nitrogens is 1. The first-order valence-electron chi connectivity index (χ1n) is 5.54. The molecule has 0 fully saturated rings. The quantitative estimate of drug-likeness (QED) is 0.497. The molecule has 96 valence electrons. The zero-order valence-corrected chi connectivity index (χ0v) is 12.9. The first kappa shape index (κ1) is 16.1. The Balaban J connectivity index is 0.00000256. The van der Waals surface area contributed by atoms with Crippen molar-refractivity contribution in [3.8, 4) is 0 Å². The highest BCUT2D eigenvalue weighted by atomic mass is 127. The summed E-state index contributed by atoms with van der Waals surface area (Å²) in [4.78, 5) is 8.58. The Hall–Kier alpha value is -0.850. The number of nitrogens with one attached hydrogen (secondary N) is 1. The van der Waals surface area contributed by atoms with Gasteiger partial charge in [0.1, 0.15) is 0 Å². The molecule has 0 aromatic carbocycles. The average Bonchev–Trinajstić information content (AvgIpc) is 2.23. The van der Waals surface area contributed by atoms with Crippen molar-refractivity contribution in [2.45, 2.75) is 27.3 Å². The van der Waals surface area contributed by atoms with Crippen molar-refractivity contribution in [2.24, 2.45) is 16.6 Å². The lowest BCUT2D eigenvalue weighted by Crippen LogP contribution is -2.34. The molecule has 1 rings (SSSR count). The van der Waals surface area contributed by atoms with Crippen LogP contribution in [0.5, 0.6) is 0 Å². The highest BCUT2D eigenvalue weighted by Crippen LogP contribution is 1.99. The zero-order valence-electron chi connectivity index (χ0n) is 10.6. The SMILES string of the molecule is Cc1cccc(CN=C(N)NCC(C)C)n1.I. The van der Waals surface area contributed by atoms with Gasteiger partial charge in [0.05, 0.1) is 12.2 Å². The summed E-state index contributed by atoms with van der Waals surface area (Å²) >= 11 is 0. The van der Waals surface area contributed by atoms with E-state index in [9.17, 15) is 0 Å². The lowest BCUT2D eigenvalue weighted by atomic mass is 10.2. The molecule has 5 heteroatoms. The van der Waals surface area contributed by atoms with Gasteiger partial charge in [-0.15, -0.1) is 24.0 Å². The molecule has 0 atom stereocenters. The van der Waals surface area contributed by atoms with E-state index in [0.717, 1.165) is 17.9 Å². The summed E-state index contributed by atoms with van der Waals surface area (Å²) in [6, 6.07) is 5.89. The number of nitrogens with zero attached hydrogens (tertiary/aromatic N) is 2. The molecule has 1 aromatic heterocycles. The van der Waals surface area contributed by atoms with E-state index in [4.69, 9.17) is 5.73 Å². The van der Waals surface area contributed by atoms with Gasteiger partial charge in [0.15, 0.2) is 5.96 Å². The molecule has 0 aliphatic heterocycles. The molecular weight excluding hydrogens is 327 g/mol. The van der Waals surface area contributed by atoms with Crippen molar-refractivity contribution in [1.29, 1.82) is 0 Å². The summed E-state index contributed by atoms with van der Waals surface area (Å²) in [6.07, 6.45) is 0. The lowest BCUT2D eigenvalue weighted by molar-refractivity contribution is 0.621. The summed E-state index contributed by atoms with van der Waals surface area (Å²) in [6.45, 7) is 7.59. The number of nitrogens with two attached hydrogens (primary N) is 1. The van der Waals surface area contributed by atoms with Crippen molar-refractivity contribution in [1.82, 2.24) is 10.3 Å². The molecule has 17 heavy (non-hydrogen) atoms. The summed E-state index contributed by atoms with van der Waals surface area (Å²) in [5.74, 6) is 1.04. The molecule has 0 unspecified atom stereocenters. The monoisotopic (exact) mass is 348 g/mol. The first-order valence-corrected chi connectivity index (χ1v) is 5.54. The van der Waals surface area contributed by atoms with E-state index < -0.39 is 0 Å². The fourth-order valence-corrected chi connectivity index (χ4v) is 1.22. The van der Waals surface area contributed by atoms with Gasteiger partial charge in [-0.05, 0) is 25.0 Å². The van der Waals surface area contributed by atoms with Crippen LogP contribution < -0.4 is 11.1 Å². The molecule has 0 spiro atoms. The third kappa shape index (κ3) is 7.14. The Labute approximate surface area is 120 Å². The van der Waals surface area contributed by atoms with E-state index in [1.165, 1.54) is 0 Å². The van der Waals surface area contributed by atoms with Crippen molar-refractivity contribution >= 4 is 29.9 Å². The molecule has 0 radical (unpaired) electrons. The Kier molecular flexibility index (Phi) is 7.86. The van der Waals surface area contributed by atoms with Gasteiger partial charge in [0, 0.05) is 12.2 Å². The smallest absolute Gasteiger partial charge is 0.188 e. The maximum absolute atomic E-state index is 5.72. The molecule has 0 aliphatic carbocycles. The van der Waals surface area contributed by atoms with Crippen LogP contribution in [0.3, 0.4) is 0 Å². The van der Waals surface area contributed by atoms with Gasteiger partial charge >= 0.3 is 0 Å². The van der Waals surface area contributed by atoms with Crippen LogP contribution in [0.4, 0.5) is 0 Å². The Bertz CT molecular complexity index is 363. The van der Waals surface area contributed by atoms with E-state index in [2.05, 4.69) is 29.1 Å². The van der Waals surface area contributed by atoms with Crippen molar-refractivity contribution in [3.63, 3.8) is 0 Å². The van der Waals surface area contributed by atoms with Crippen LogP contribution in [0.25, 0.3) is 0 Å². The third-order valence-electron chi connectivity index (χ3n) is 2.05. The summed E-state index contributed by atoms with van der Waals surface area (Å²) < 4.78 is 0. The van der Waals surface area contributed by atoms with Crippen LogP contribution in [-0.4, -0.2) is 17.5 Å². The number of hydrogen-bond donors (Lipinski definition) is 2. The fourth-order valence-electron chi connectivity index (χ4n) is 1.22. The van der Waals surface area contributed by atoms with E-state index in [1.54, 1.807) is 0 Å².